The number of halogens is 3. The van der Waals surface area contributed by atoms with Gasteiger partial charge < -0.3 is 14.8 Å². The molecule has 198 valence electrons. The highest BCUT2D eigenvalue weighted by molar-refractivity contribution is 5.82. The van der Waals surface area contributed by atoms with Crippen LogP contribution in [-0.2, 0) is 17.9 Å². The van der Waals surface area contributed by atoms with Gasteiger partial charge in [0, 0.05) is 75.5 Å². The number of benzene rings is 1. The van der Waals surface area contributed by atoms with Crippen LogP contribution in [0.15, 0.2) is 48.9 Å². The summed E-state index contributed by atoms with van der Waals surface area (Å²) in [5.41, 5.74) is 3.79. The Labute approximate surface area is 213 Å². The third kappa shape index (κ3) is 6.24. The van der Waals surface area contributed by atoms with Crippen LogP contribution in [0.3, 0.4) is 0 Å². The molecule has 0 unspecified atom stereocenters. The average Bonchev–Trinajstić information content (AvgIpc) is 3.62. The minimum Gasteiger partial charge on any atom is -0.486 e. The highest BCUT2D eigenvalue weighted by atomic mass is 19.4. The Bertz CT molecular complexity index is 1230. The van der Waals surface area contributed by atoms with Crippen molar-refractivity contribution in [2.24, 2.45) is 5.92 Å². The van der Waals surface area contributed by atoms with Gasteiger partial charge in [-0.1, -0.05) is 18.2 Å². The molecule has 2 aromatic heterocycles. The molecule has 1 saturated heterocycles. The van der Waals surface area contributed by atoms with E-state index in [0.717, 1.165) is 62.7 Å². The van der Waals surface area contributed by atoms with Crippen LogP contribution in [-0.4, -0.2) is 68.8 Å². The number of nitrogens with zero attached hydrogens (tertiary/aromatic N) is 3. The van der Waals surface area contributed by atoms with Crippen LogP contribution >= 0.6 is 0 Å². The second-order valence-corrected chi connectivity index (χ2v) is 10.3. The molecular weight excluding hydrogens is 485 g/mol. The number of ether oxygens (including phenoxy) is 1. The molecule has 2 N–H and O–H groups in total. The first-order valence-electron chi connectivity index (χ1n) is 12.6. The molecule has 3 aliphatic rings. The maximum atomic E-state index is 10.6. The number of hydrogen-bond donors (Lipinski definition) is 2. The molecule has 7 nitrogen and oxygen atoms in total. The number of nitrogens with one attached hydrogen (secondary N) is 1. The van der Waals surface area contributed by atoms with Gasteiger partial charge in [0.05, 0.1) is 11.7 Å². The molecule has 2 fully saturated rings. The minimum absolute atomic E-state index is 0.0534. The Morgan fingerprint density at radius 2 is 1.89 bits per heavy atom. The first-order valence-corrected chi connectivity index (χ1v) is 12.6. The molecule has 0 bridgehead atoms. The van der Waals surface area contributed by atoms with Gasteiger partial charge in [0.25, 0.3) is 0 Å². The summed E-state index contributed by atoms with van der Waals surface area (Å²) in [6.07, 6.45) is 5.84. The van der Waals surface area contributed by atoms with E-state index in [2.05, 4.69) is 56.3 Å². The van der Waals surface area contributed by atoms with E-state index in [0.29, 0.717) is 0 Å². The Hall–Kier alpha value is -3.11. The van der Waals surface area contributed by atoms with Crippen molar-refractivity contribution in [2.75, 3.05) is 26.2 Å². The topological polar surface area (TPSA) is 81.7 Å². The normalized spacial score (nSPS) is 20.0. The molecule has 1 aliphatic carbocycles. The van der Waals surface area contributed by atoms with Gasteiger partial charge in [-0.2, -0.15) is 13.2 Å². The van der Waals surface area contributed by atoms with Crippen LogP contribution in [0, 0.1) is 5.92 Å². The number of para-hydroxylation sites is 1. The molecule has 0 atom stereocenters. The molecule has 1 aromatic carbocycles. The zero-order valence-electron chi connectivity index (χ0n) is 20.5. The number of carboxylic acid groups (broad SMARTS) is 1. The molecule has 3 aromatic rings. The second-order valence-electron chi connectivity index (χ2n) is 10.3. The van der Waals surface area contributed by atoms with Crippen molar-refractivity contribution in [1.29, 1.82) is 0 Å². The highest BCUT2D eigenvalue weighted by Gasteiger charge is 2.41. The number of piperidine rings is 1. The summed E-state index contributed by atoms with van der Waals surface area (Å²) in [7, 11) is 0. The number of aromatic amines is 1. The lowest BCUT2D eigenvalue weighted by molar-refractivity contribution is -0.192. The minimum atomic E-state index is -5.08. The summed E-state index contributed by atoms with van der Waals surface area (Å²) >= 11 is 0. The number of carbonyl (C=O) groups is 1. The zero-order valence-corrected chi connectivity index (χ0v) is 20.5. The number of H-pyrrole nitrogens is 1. The van der Waals surface area contributed by atoms with Gasteiger partial charge in [-0.3, -0.25) is 14.8 Å². The third-order valence-corrected chi connectivity index (χ3v) is 7.39. The van der Waals surface area contributed by atoms with Crippen molar-refractivity contribution in [3.05, 3.63) is 60.0 Å². The number of aromatic nitrogens is 2. The Morgan fingerprint density at radius 1 is 1.16 bits per heavy atom. The molecule has 4 heterocycles. The van der Waals surface area contributed by atoms with E-state index in [4.69, 9.17) is 14.6 Å². The second kappa shape index (κ2) is 10.3. The van der Waals surface area contributed by atoms with Crippen molar-refractivity contribution >= 4 is 16.9 Å². The summed E-state index contributed by atoms with van der Waals surface area (Å²) in [6, 6.07) is 10.8. The number of likely N-dealkylation sites (tertiary alicyclic amines) is 1. The Kier molecular flexibility index (Phi) is 7.13. The largest absolute Gasteiger partial charge is 0.490 e. The number of alkyl halides is 3. The average molecular weight is 517 g/mol. The Morgan fingerprint density at radius 3 is 2.59 bits per heavy atom. The highest BCUT2D eigenvalue weighted by Crippen LogP contribution is 2.38. The summed E-state index contributed by atoms with van der Waals surface area (Å²) in [5.74, 6) is -0.746. The van der Waals surface area contributed by atoms with Gasteiger partial charge in [-0.15, -0.1) is 0 Å². The fourth-order valence-corrected chi connectivity index (χ4v) is 5.28. The lowest BCUT2D eigenvalue weighted by Crippen LogP contribution is -2.53. The van der Waals surface area contributed by atoms with Gasteiger partial charge >= 0.3 is 12.1 Å². The van der Waals surface area contributed by atoms with Gasteiger partial charge in [0.2, 0.25) is 0 Å². The number of aliphatic carboxylic acids is 1. The molecule has 0 amide bonds. The molecular formula is C27H31F3N4O3. The number of rotatable bonds is 4. The molecule has 6 rings (SSSR count). The summed E-state index contributed by atoms with van der Waals surface area (Å²) in [4.78, 5) is 21.7. The smallest absolute Gasteiger partial charge is 0.486 e. The van der Waals surface area contributed by atoms with Gasteiger partial charge in [0.1, 0.15) is 11.4 Å². The predicted molar refractivity (Wildman–Crippen MR) is 132 cm³/mol. The number of fused-ring (bicyclic) bond motifs is 2. The lowest BCUT2D eigenvalue weighted by atomic mass is 9.90. The fourth-order valence-electron chi connectivity index (χ4n) is 5.28. The van der Waals surface area contributed by atoms with E-state index in [1.54, 1.807) is 0 Å². The first kappa shape index (κ1) is 25.5. The van der Waals surface area contributed by atoms with Crippen molar-refractivity contribution in [1.82, 2.24) is 19.8 Å². The Balaban J connectivity index is 0.000000355. The quantitative estimate of drug-likeness (QED) is 0.517. The van der Waals surface area contributed by atoms with Crippen LogP contribution in [0.4, 0.5) is 13.2 Å². The molecule has 1 spiro atoms. The van der Waals surface area contributed by atoms with Crippen LogP contribution in [0.1, 0.15) is 36.8 Å². The van der Waals surface area contributed by atoms with Crippen molar-refractivity contribution in [3.8, 4) is 5.75 Å². The molecule has 10 heteroatoms. The SMILES string of the molecule is O=C(O)C(F)(F)F.c1ccc2c(c1)CN(CC1CC1)CC1(CCN(Cc3c[nH]c4cnccc34)CC1)O2. The maximum absolute atomic E-state index is 10.6. The van der Waals surface area contributed by atoms with E-state index >= 15 is 0 Å². The molecule has 37 heavy (non-hydrogen) atoms. The van der Waals surface area contributed by atoms with E-state index in [9.17, 15) is 13.2 Å². The summed E-state index contributed by atoms with van der Waals surface area (Å²) < 4.78 is 38.5. The van der Waals surface area contributed by atoms with Crippen molar-refractivity contribution in [3.63, 3.8) is 0 Å². The van der Waals surface area contributed by atoms with E-state index in [1.165, 1.54) is 35.9 Å². The van der Waals surface area contributed by atoms with Crippen LogP contribution in [0.5, 0.6) is 5.75 Å². The monoisotopic (exact) mass is 516 g/mol. The molecule has 2 aliphatic heterocycles. The van der Waals surface area contributed by atoms with Gasteiger partial charge in [0.15, 0.2) is 0 Å². The van der Waals surface area contributed by atoms with Gasteiger partial charge in [-0.25, -0.2) is 4.79 Å². The standard InChI is InChI=1S/C25H30N4O.C2HF3O2/c1-2-4-24-20(3-1)16-29(15-19-5-6-19)18-25(30-24)8-11-28(12-9-25)17-21-13-27-23-14-26-10-7-22(21)23;3-2(4,5)1(6)7/h1-4,7,10,13-14,19,27H,5-6,8-9,11-12,15-18H2;(H,6,7). The van der Waals surface area contributed by atoms with E-state index in [-0.39, 0.29) is 5.60 Å². The number of hydrogen-bond acceptors (Lipinski definition) is 5. The van der Waals surface area contributed by atoms with Crippen LogP contribution in [0.2, 0.25) is 0 Å². The van der Waals surface area contributed by atoms with Crippen LogP contribution in [0.25, 0.3) is 10.9 Å². The third-order valence-electron chi connectivity index (χ3n) is 7.39. The summed E-state index contributed by atoms with van der Waals surface area (Å²) in [5, 5.41) is 8.42. The van der Waals surface area contributed by atoms with Gasteiger partial charge in [-0.05, 0) is 36.5 Å². The van der Waals surface area contributed by atoms with Crippen molar-refractivity contribution in [2.45, 2.75) is 50.6 Å². The van der Waals surface area contributed by atoms with E-state index < -0.39 is 12.1 Å². The lowest BCUT2D eigenvalue weighted by Gasteiger charge is -2.43. The number of pyridine rings is 1. The first-order chi connectivity index (χ1) is 17.7. The maximum Gasteiger partial charge on any atom is 0.490 e. The number of carboxylic acids is 1. The van der Waals surface area contributed by atoms with E-state index in [1.807, 2.05) is 12.4 Å². The van der Waals surface area contributed by atoms with Crippen LogP contribution < -0.4 is 4.74 Å². The predicted octanol–water partition coefficient (Wildman–Crippen LogP) is 4.84. The van der Waals surface area contributed by atoms with Crippen molar-refractivity contribution < 1.29 is 27.8 Å². The zero-order chi connectivity index (χ0) is 26.0. The molecule has 0 radical (unpaired) electrons. The molecule has 1 saturated carbocycles. The fraction of sp³-hybridized carbons (Fsp3) is 0.481. The summed E-state index contributed by atoms with van der Waals surface area (Å²) in [6.45, 7) is 6.47.